The molecule has 0 fully saturated rings. The van der Waals surface area contributed by atoms with Gasteiger partial charge in [0, 0.05) is 5.69 Å². The number of nitrogens with one attached hydrogen (secondary N) is 1. The summed E-state index contributed by atoms with van der Waals surface area (Å²) in [5.41, 5.74) is 5.33. The molecule has 0 bridgehead atoms. The zero-order valence-corrected chi connectivity index (χ0v) is 17.7. The summed E-state index contributed by atoms with van der Waals surface area (Å²) in [5, 5.41) is 3.14. The number of halogens is 1. The van der Waals surface area contributed by atoms with Crippen LogP contribution in [0, 0.1) is 19.7 Å². The van der Waals surface area contributed by atoms with Crippen LogP contribution in [0.25, 0.3) is 5.57 Å². The average Bonchev–Trinajstić information content (AvgIpc) is 3.01. The molecular weight excluding hydrogens is 391 g/mol. The summed E-state index contributed by atoms with van der Waals surface area (Å²) in [4.78, 5) is 28.0. The zero-order valence-electron chi connectivity index (χ0n) is 17.7. The third-order valence-electron chi connectivity index (χ3n) is 5.60. The van der Waals surface area contributed by atoms with Gasteiger partial charge in [0.05, 0.1) is 11.3 Å². The monoisotopic (exact) mass is 414 g/mol. The minimum Gasteiger partial charge on any atom is -0.350 e. The molecule has 4 rings (SSSR count). The number of benzene rings is 3. The summed E-state index contributed by atoms with van der Waals surface area (Å²) >= 11 is 0. The van der Waals surface area contributed by atoms with Crippen LogP contribution in [0.15, 0.2) is 72.4 Å². The third-order valence-corrected chi connectivity index (χ3v) is 5.60. The first-order valence-corrected chi connectivity index (χ1v) is 10.2. The van der Waals surface area contributed by atoms with Crippen LogP contribution in [0.5, 0.6) is 0 Å². The van der Waals surface area contributed by atoms with Crippen LogP contribution in [0.1, 0.15) is 29.2 Å². The normalized spacial score (nSPS) is 13.9. The molecule has 0 radical (unpaired) electrons. The molecule has 0 aliphatic carbocycles. The first-order valence-electron chi connectivity index (χ1n) is 10.2. The van der Waals surface area contributed by atoms with Gasteiger partial charge in [0.2, 0.25) is 0 Å². The Balaban J connectivity index is 1.80. The molecule has 31 heavy (non-hydrogen) atoms. The molecule has 0 unspecified atom stereocenters. The predicted molar refractivity (Wildman–Crippen MR) is 121 cm³/mol. The Morgan fingerprint density at radius 2 is 1.52 bits per heavy atom. The van der Waals surface area contributed by atoms with Gasteiger partial charge in [-0.1, -0.05) is 37.3 Å². The van der Waals surface area contributed by atoms with Crippen molar-refractivity contribution < 1.29 is 14.0 Å². The lowest BCUT2D eigenvalue weighted by atomic mass is 10.0. The Kier molecular flexibility index (Phi) is 5.42. The summed E-state index contributed by atoms with van der Waals surface area (Å²) in [6, 6.07) is 18.8. The first kappa shape index (κ1) is 20.5. The van der Waals surface area contributed by atoms with Gasteiger partial charge in [-0.2, -0.15) is 0 Å². The zero-order chi connectivity index (χ0) is 22.1. The summed E-state index contributed by atoms with van der Waals surface area (Å²) in [7, 11) is 0. The molecule has 2 amide bonds. The predicted octanol–water partition coefficient (Wildman–Crippen LogP) is 5.40. The second-order valence-electron chi connectivity index (χ2n) is 7.65. The molecule has 1 aliphatic rings. The number of nitrogens with zero attached hydrogens (tertiary/aromatic N) is 1. The Hall–Kier alpha value is -3.73. The molecule has 0 spiro atoms. The topological polar surface area (TPSA) is 49.4 Å². The fraction of sp³-hybridized carbons (Fsp3) is 0.154. The van der Waals surface area contributed by atoms with Crippen molar-refractivity contribution in [3.05, 3.63) is 100 Å². The van der Waals surface area contributed by atoms with Gasteiger partial charge in [-0.25, -0.2) is 9.29 Å². The maximum absolute atomic E-state index is 13.5. The van der Waals surface area contributed by atoms with Gasteiger partial charge in [0.25, 0.3) is 11.8 Å². The Bertz CT molecular complexity index is 1200. The summed E-state index contributed by atoms with van der Waals surface area (Å²) in [6.45, 7) is 5.98. The van der Waals surface area contributed by atoms with Crippen LogP contribution < -0.4 is 10.2 Å². The molecule has 0 saturated heterocycles. The Morgan fingerprint density at radius 3 is 2.13 bits per heavy atom. The SMILES string of the molecule is CCc1ccc(NC2=C(c3ccc(F)cc3)C(=O)N(c3ccc(C)c(C)c3)C2=O)cc1. The van der Waals surface area contributed by atoms with Crippen LogP contribution >= 0.6 is 0 Å². The Morgan fingerprint density at radius 1 is 0.839 bits per heavy atom. The molecule has 3 aromatic carbocycles. The maximum atomic E-state index is 13.5. The molecule has 1 N–H and O–H groups in total. The number of hydrogen-bond donors (Lipinski definition) is 1. The summed E-state index contributed by atoms with van der Waals surface area (Å²) < 4.78 is 13.5. The second-order valence-corrected chi connectivity index (χ2v) is 7.65. The lowest BCUT2D eigenvalue weighted by Crippen LogP contribution is -2.32. The number of amides is 2. The van der Waals surface area contributed by atoms with Gasteiger partial charge < -0.3 is 5.32 Å². The number of carbonyl (C=O) groups is 2. The number of carbonyl (C=O) groups excluding carboxylic acids is 2. The highest BCUT2D eigenvalue weighted by Gasteiger charge is 2.40. The van der Waals surface area contributed by atoms with E-state index in [9.17, 15) is 14.0 Å². The van der Waals surface area contributed by atoms with Crippen molar-refractivity contribution in [3.63, 3.8) is 0 Å². The highest BCUT2D eigenvalue weighted by molar-refractivity contribution is 6.46. The van der Waals surface area contributed by atoms with E-state index in [1.165, 1.54) is 34.7 Å². The molecular formula is C26H23FN2O2. The fourth-order valence-electron chi connectivity index (χ4n) is 3.60. The lowest BCUT2D eigenvalue weighted by molar-refractivity contribution is -0.120. The smallest absolute Gasteiger partial charge is 0.282 e. The number of rotatable bonds is 5. The van der Waals surface area contributed by atoms with Crippen LogP contribution in [0.2, 0.25) is 0 Å². The van der Waals surface area contributed by atoms with Crippen LogP contribution in [-0.4, -0.2) is 11.8 Å². The number of imide groups is 1. The minimum absolute atomic E-state index is 0.180. The van der Waals surface area contributed by atoms with Crippen LogP contribution in [0.3, 0.4) is 0 Å². The molecule has 1 heterocycles. The largest absolute Gasteiger partial charge is 0.350 e. The van der Waals surface area contributed by atoms with E-state index in [1.807, 2.05) is 50.2 Å². The highest BCUT2D eigenvalue weighted by Crippen LogP contribution is 2.34. The first-order chi connectivity index (χ1) is 14.9. The third kappa shape index (κ3) is 3.87. The molecule has 0 atom stereocenters. The second kappa shape index (κ2) is 8.19. The number of anilines is 2. The highest BCUT2D eigenvalue weighted by atomic mass is 19.1. The van der Waals surface area contributed by atoms with Crippen molar-refractivity contribution in [1.29, 1.82) is 0 Å². The molecule has 156 valence electrons. The van der Waals surface area contributed by atoms with E-state index < -0.39 is 17.6 Å². The molecule has 0 aromatic heterocycles. The fourth-order valence-corrected chi connectivity index (χ4v) is 3.60. The maximum Gasteiger partial charge on any atom is 0.282 e. The summed E-state index contributed by atoms with van der Waals surface area (Å²) in [6.07, 6.45) is 0.905. The van der Waals surface area contributed by atoms with Crippen molar-refractivity contribution in [1.82, 2.24) is 0 Å². The van der Waals surface area contributed by atoms with Crippen molar-refractivity contribution in [2.24, 2.45) is 0 Å². The molecule has 4 nitrogen and oxygen atoms in total. The van der Waals surface area contributed by atoms with E-state index >= 15 is 0 Å². The Labute approximate surface area is 181 Å². The van der Waals surface area contributed by atoms with E-state index in [0.29, 0.717) is 16.9 Å². The van der Waals surface area contributed by atoms with Crippen LogP contribution in [0.4, 0.5) is 15.8 Å². The van der Waals surface area contributed by atoms with Gasteiger partial charge in [-0.3, -0.25) is 9.59 Å². The molecule has 5 heteroatoms. The molecule has 0 saturated carbocycles. The van der Waals surface area contributed by atoms with Gasteiger partial charge in [-0.15, -0.1) is 0 Å². The van der Waals surface area contributed by atoms with Crippen molar-refractivity contribution in [2.45, 2.75) is 27.2 Å². The molecule has 3 aromatic rings. The van der Waals surface area contributed by atoms with E-state index in [4.69, 9.17) is 0 Å². The molecule has 1 aliphatic heterocycles. The van der Waals surface area contributed by atoms with Gasteiger partial charge in [0.1, 0.15) is 11.5 Å². The van der Waals surface area contributed by atoms with Gasteiger partial charge >= 0.3 is 0 Å². The number of hydrogen-bond acceptors (Lipinski definition) is 3. The quantitative estimate of drug-likeness (QED) is 0.569. The van der Waals surface area contributed by atoms with E-state index in [1.54, 1.807) is 6.07 Å². The van der Waals surface area contributed by atoms with E-state index in [-0.39, 0.29) is 11.3 Å². The van der Waals surface area contributed by atoms with Crippen molar-refractivity contribution >= 4 is 28.8 Å². The number of aryl methyl sites for hydroxylation is 3. The lowest BCUT2D eigenvalue weighted by Gasteiger charge is -2.17. The van der Waals surface area contributed by atoms with Crippen molar-refractivity contribution in [3.8, 4) is 0 Å². The standard InChI is InChI=1S/C26H23FN2O2/c1-4-18-6-12-21(13-7-18)28-24-23(19-8-10-20(27)11-9-19)25(30)29(26(24)31)22-14-5-16(2)17(3)15-22/h5-15,28H,4H2,1-3H3. The summed E-state index contributed by atoms with van der Waals surface area (Å²) in [5.74, 6) is -1.28. The van der Waals surface area contributed by atoms with Gasteiger partial charge in [0.15, 0.2) is 0 Å². The van der Waals surface area contributed by atoms with Crippen molar-refractivity contribution in [2.75, 3.05) is 10.2 Å². The van der Waals surface area contributed by atoms with Crippen LogP contribution in [-0.2, 0) is 16.0 Å². The average molecular weight is 414 g/mol. The van der Waals surface area contributed by atoms with E-state index in [2.05, 4.69) is 12.2 Å². The van der Waals surface area contributed by atoms with Gasteiger partial charge in [-0.05, 0) is 78.9 Å². The minimum atomic E-state index is -0.438. The van der Waals surface area contributed by atoms with E-state index in [0.717, 1.165) is 17.5 Å².